The van der Waals surface area contributed by atoms with Crippen LogP contribution >= 0.6 is 11.3 Å². The highest BCUT2D eigenvalue weighted by atomic mass is 32.1. The first-order valence-electron chi connectivity index (χ1n) is 9.12. The molecular weight excluding hydrogens is 338 g/mol. The Morgan fingerprint density at radius 1 is 1.16 bits per heavy atom. The Labute approximate surface area is 153 Å². The van der Waals surface area contributed by atoms with Crippen molar-refractivity contribution < 1.29 is 14.3 Å². The smallest absolute Gasteiger partial charge is 0.311 e. The number of hydrogen-bond acceptors (Lipinski definition) is 5. The van der Waals surface area contributed by atoms with Gasteiger partial charge in [0.15, 0.2) is 0 Å². The van der Waals surface area contributed by atoms with Gasteiger partial charge in [-0.1, -0.05) is 6.07 Å². The molecule has 0 unspecified atom stereocenters. The lowest BCUT2D eigenvalue weighted by Gasteiger charge is -2.37. The second-order valence-corrected chi connectivity index (χ2v) is 7.70. The first-order valence-corrected chi connectivity index (χ1v) is 10.00. The number of nitrogens with zero attached hydrogens (tertiary/aromatic N) is 2. The summed E-state index contributed by atoms with van der Waals surface area (Å²) in [5, 5.41) is 5.01. The summed E-state index contributed by atoms with van der Waals surface area (Å²) in [4.78, 5) is 30.1. The van der Waals surface area contributed by atoms with E-state index in [0.717, 1.165) is 32.4 Å². The molecule has 0 spiro atoms. The van der Waals surface area contributed by atoms with E-state index in [4.69, 9.17) is 4.74 Å². The van der Waals surface area contributed by atoms with Crippen LogP contribution < -0.4 is 5.32 Å². The predicted octanol–water partition coefficient (Wildman–Crippen LogP) is 1.64. The summed E-state index contributed by atoms with van der Waals surface area (Å²) in [5.74, 6) is -0.873. The van der Waals surface area contributed by atoms with Crippen molar-refractivity contribution in [1.82, 2.24) is 15.1 Å². The van der Waals surface area contributed by atoms with E-state index in [2.05, 4.69) is 21.7 Å². The van der Waals surface area contributed by atoms with Gasteiger partial charge in [-0.3, -0.25) is 14.5 Å². The Kier molecular flexibility index (Phi) is 6.45. The number of carbonyl (C=O) groups is 2. The zero-order valence-corrected chi connectivity index (χ0v) is 15.6. The third-order valence-electron chi connectivity index (χ3n) is 4.94. The second-order valence-electron chi connectivity index (χ2n) is 6.72. The Hall–Kier alpha value is -1.44. The van der Waals surface area contributed by atoms with Crippen molar-refractivity contribution in [3.8, 4) is 0 Å². The lowest BCUT2D eigenvalue weighted by molar-refractivity contribution is -0.147. The second kappa shape index (κ2) is 8.78. The molecular formula is C18H27N3O3S. The molecule has 25 heavy (non-hydrogen) atoms. The maximum absolute atomic E-state index is 12.5. The van der Waals surface area contributed by atoms with Crippen LogP contribution in [0.15, 0.2) is 17.5 Å². The van der Waals surface area contributed by atoms with Crippen LogP contribution in [0, 0.1) is 0 Å². The molecule has 1 aromatic heterocycles. The van der Waals surface area contributed by atoms with Gasteiger partial charge in [0.05, 0.1) is 19.3 Å². The average Bonchev–Trinajstić information content (AvgIpc) is 3.17. The third-order valence-corrected chi connectivity index (χ3v) is 5.89. The number of thiophene rings is 1. The van der Waals surface area contributed by atoms with Gasteiger partial charge in [0, 0.05) is 37.1 Å². The highest BCUT2D eigenvalue weighted by Gasteiger charge is 2.32. The Bertz CT molecular complexity index is 566. The van der Waals surface area contributed by atoms with Gasteiger partial charge in [0.25, 0.3) is 0 Å². The van der Waals surface area contributed by atoms with Crippen LogP contribution in [0.3, 0.4) is 0 Å². The molecule has 0 saturated carbocycles. The zero-order valence-electron chi connectivity index (χ0n) is 14.8. The highest BCUT2D eigenvalue weighted by Crippen LogP contribution is 2.29. The van der Waals surface area contributed by atoms with Gasteiger partial charge in [-0.05, 0) is 37.6 Å². The molecule has 0 aromatic carbocycles. The van der Waals surface area contributed by atoms with E-state index in [1.54, 1.807) is 16.2 Å². The van der Waals surface area contributed by atoms with Crippen molar-refractivity contribution in [3.63, 3.8) is 0 Å². The molecule has 0 bridgehead atoms. The molecule has 1 aromatic rings. The fourth-order valence-electron chi connectivity index (χ4n) is 3.65. The zero-order chi connectivity index (χ0) is 17.6. The van der Waals surface area contributed by atoms with E-state index in [0.29, 0.717) is 26.3 Å². The molecule has 2 fully saturated rings. The van der Waals surface area contributed by atoms with Gasteiger partial charge in [0.2, 0.25) is 0 Å². The molecule has 2 saturated heterocycles. The molecule has 3 heterocycles. The van der Waals surface area contributed by atoms with Gasteiger partial charge in [0.1, 0.15) is 0 Å². The summed E-state index contributed by atoms with van der Waals surface area (Å²) in [6.45, 7) is 6.45. The lowest BCUT2D eigenvalue weighted by atomic mass is 10.1. The van der Waals surface area contributed by atoms with Crippen LogP contribution in [0.5, 0.6) is 0 Å². The molecule has 3 rings (SSSR count). The molecule has 1 N–H and O–H groups in total. The molecule has 0 radical (unpaired) electrons. The number of morpholine rings is 1. The number of amides is 2. The van der Waals surface area contributed by atoms with Gasteiger partial charge in [-0.15, -0.1) is 11.3 Å². The fraction of sp³-hybridized carbons (Fsp3) is 0.667. The van der Waals surface area contributed by atoms with Crippen LogP contribution in [0.1, 0.15) is 37.1 Å². The first kappa shape index (κ1) is 18.4. The number of ether oxygens (including phenoxy) is 1. The lowest BCUT2D eigenvalue weighted by Crippen LogP contribution is -2.52. The molecule has 6 nitrogen and oxygen atoms in total. The molecule has 2 aliphatic rings. The third kappa shape index (κ3) is 4.59. The number of hydrogen-bond donors (Lipinski definition) is 1. The summed E-state index contributed by atoms with van der Waals surface area (Å²) >= 11 is 1.69. The van der Waals surface area contributed by atoms with Crippen molar-refractivity contribution in [1.29, 1.82) is 0 Å². The van der Waals surface area contributed by atoms with Crippen LogP contribution in [-0.4, -0.2) is 67.0 Å². The fourth-order valence-corrected chi connectivity index (χ4v) is 4.61. The molecule has 0 aliphatic carbocycles. The number of rotatable bonds is 4. The molecule has 2 amide bonds. The van der Waals surface area contributed by atoms with Gasteiger partial charge < -0.3 is 15.0 Å². The van der Waals surface area contributed by atoms with Crippen molar-refractivity contribution in [2.24, 2.45) is 0 Å². The monoisotopic (exact) mass is 365 g/mol. The summed E-state index contributed by atoms with van der Waals surface area (Å²) in [7, 11) is 0. The van der Waals surface area contributed by atoms with Crippen molar-refractivity contribution in [2.75, 3.05) is 39.4 Å². The van der Waals surface area contributed by atoms with Crippen LogP contribution in [0.4, 0.5) is 0 Å². The van der Waals surface area contributed by atoms with E-state index >= 15 is 0 Å². The summed E-state index contributed by atoms with van der Waals surface area (Å²) < 4.78 is 5.46. The normalized spacial score (nSPS) is 21.6. The van der Waals surface area contributed by atoms with Crippen molar-refractivity contribution >= 4 is 23.2 Å². The Balaban J connectivity index is 1.66. The van der Waals surface area contributed by atoms with Crippen LogP contribution in [0.2, 0.25) is 0 Å². The number of nitrogens with one attached hydrogen (secondary N) is 1. The van der Waals surface area contributed by atoms with Gasteiger partial charge >= 0.3 is 11.8 Å². The van der Waals surface area contributed by atoms with Crippen LogP contribution in [-0.2, 0) is 14.3 Å². The van der Waals surface area contributed by atoms with E-state index in [1.165, 1.54) is 4.88 Å². The SMILES string of the molecule is C[C@@H](NC(=O)C(=O)N1CCCCC1)[C@@H](c1cccs1)N1CCOCC1. The van der Waals surface area contributed by atoms with E-state index in [1.807, 2.05) is 13.0 Å². The predicted molar refractivity (Wildman–Crippen MR) is 97.5 cm³/mol. The summed E-state index contributed by atoms with van der Waals surface area (Å²) in [6, 6.07) is 4.06. The Morgan fingerprint density at radius 3 is 2.52 bits per heavy atom. The average molecular weight is 365 g/mol. The minimum Gasteiger partial charge on any atom is -0.379 e. The van der Waals surface area contributed by atoms with E-state index < -0.39 is 11.8 Å². The number of piperidine rings is 1. The first-order chi connectivity index (χ1) is 12.2. The largest absolute Gasteiger partial charge is 0.379 e. The van der Waals surface area contributed by atoms with Crippen LogP contribution in [0.25, 0.3) is 0 Å². The summed E-state index contributed by atoms with van der Waals surface area (Å²) in [6.07, 6.45) is 3.11. The minimum absolute atomic E-state index is 0.0713. The topological polar surface area (TPSA) is 61.9 Å². The van der Waals surface area contributed by atoms with E-state index in [9.17, 15) is 9.59 Å². The number of likely N-dealkylation sites (tertiary alicyclic amines) is 1. The van der Waals surface area contributed by atoms with E-state index in [-0.39, 0.29) is 12.1 Å². The molecule has 7 heteroatoms. The molecule has 2 atom stereocenters. The quantitative estimate of drug-likeness (QED) is 0.824. The summed E-state index contributed by atoms with van der Waals surface area (Å²) in [5.41, 5.74) is 0. The van der Waals surface area contributed by atoms with Gasteiger partial charge in [-0.2, -0.15) is 0 Å². The number of carbonyl (C=O) groups excluding carboxylic acids is 2. The highest BCUT2D eigenvalue weighted by molar-refractivity contribution is 7.10. The maximum atomic E-state index is 12.5. The Morgan fingerprint density at radius 2 is 1.88 bits per heavy atom. The standard InChI is InChI=1S/C18H27N3O3S/c1-14(19-17(22)18(23)21-7-3-2-4-8-21)16(15-6-5-13-25-15)20-9-11-24-12-10-20/h5-6,13-14,16H,2-4,7-12H2,1H3,(H,19,22)/t14-,16+/m1/s1. The minimum atomic E-state index is -0.482. The van der Waals surface area contributed by atoms with Gasteiger partial charge in [-0.25, -0.2) is 0 Å². The molecule has 2 aliphatic heterocycles. The molecule has 138 valence electrons. The maximum Gasteiger partial charge on any atom is 0.311 e. The van der Waals surface area contributed by atoms with Crippen molar-refractivity contribution in [3.05, 3.63) is 22.4 Å². The van der Waals surface area contributed by atoms with Crippen molar-refractivity contribution in [2.45, 2.75) is 38.3 Å².